The lowest BCUT2D eigenvalue weighted by Crippen LogP contribution is -2.21. The van der Waals surface area contributed by atoms with Crippen molar-refractivity contribution in [2.75, 3.05) is 13.2 Å². The SMILES string of the molecule is CCC[C@@H]1C[C@H](OCC2CC2)CN1. The van der Waals surface area contributed by atoms with Gasteiger partial charge in [0, 0.05) is 19.2 Å². The van der Waals surface area contributed by atoms with Crippen LogP contribution < -0.4 is 5.32 Å². The Hall–Kier alpha value is -0.0800. The third kappa shape index (κ3) is 2.96. The van der Waals surface area contributed by atoms with E-state index in [4.69, 9.17) is 4.74 Å². The van der Waals surface area contributed by atoms with Crippen molar-refractivity contribution in [3.05, 3.63) is 0 Å². The van der Waals surface area contributed by atoms with Crippen molar-refractivity contribution in [1.82, 2.24) is 5.32 Å². The molecule has 2 fully saturated rings. The zero-order chi connectivity index (χ0) is 9.10. The smallest absolute Gasteiger partial charge is 0.0714 e. The van der Waals surface area contributed by atoms with Gasteiger partial charge in [0.25, 0.3) is 0 Å². The monoisotopic (exact) mass is 183 g/mol. The second-order valence-corrected chi connectivity index (χ2v) is 4.53. The summed E-state index contributed by atoms with van der Waals surface area (Å²) in [7, 11) is 0. The first-order valence-electron chi connectivity index (χ1n) is 5.73. The quantitative estimate of drug-likeness (QED) is 0.703. The number of hydrogen-bond acceptors (Lipinski definition) is 2. The van der Waals surface area contributed by atoms with Gasteiger partial charge < -0.3 is 10.1 Å². The molecule has 13 heavy (non-hydrogen) atoms. The van der Waals surface area contributed by atoms with Gasteiger partial charge in [-0.3, -0.25) is 0 Å². The summed E-state index contributed by atoms with van der Waals surface area (Å²) in [4.78, 5) is 0. The molecule has 1 saturated heterocycles. The molecule has 0 unspecified atom stereocenters. The van der Waals surface area contributed by atoms with Gasteiger partial charge in [-0.2, -0.15) is 0 Å². The summed E-state index contributed by atoms with van der Waals surface area (Å²) >= 11 is 0. The lowest BCUT2D eigenvalue weighted by Gasteiger charge is -2.10. The molecule has 2 aliphatic rings. The normalized spacial score (nSPS) is 33.9. The Labute approximate surface area is 81.0 Å². The van der Waals surface area contributed by atoms with Crippen molar-refractivity contribution >= 4 is 0 Å². The molecule has 0 aromatic rings. The number of hydrogen-bond donors (Lipinski definition) is 1. The van der Waals surface area contributed by atoms with Gasteiger partial charge in [-0.15, -0.1) is 0 Å². The van der Waals surface area contributed by atoms with Crippen LogP contribution in [0.15, 0.2) is 0 Å². The minimum absolute atomic E-state index is 0.511. The molecule has 1 aliphatic heterocycles. The molecule has 76 valence electrons. The van der Waals surface area contributed by atoms with Gasteiger partial charge in [-0.05, 0) is 31.6 Å². The minimum Gasteiger partial charge on any atom is -0.377 e. The maximum atomic E-state index is 5.84. The van der Waals surface area contributed by atoms with E-state index in [0.29, 0.717) is 6.10 Å². The van der Waals surface area contributed by atoms with Crippen molar-refractivity contribution < 1.29 is 4.74 Å². The van der Waals surface area contributed by atoms with E-state index in [1.807, 2.05) is 0 Å². The van der Waals surface area contributed by atoms with E-state index in [-0.39, 0.29) is 0 Å². The highest BCUT2D eigenvalue weighted by molar-refractivity contribution is 4.83. The van der Waals surface area contributed by atoms with Crippen molar-refractivity contribution in [3.8, 4) is 0 Å². The van der Waals surface area contributed by atoms with E-state index in [9.17, 15) is 0 Å². The van der Waals surface area contributed by atoms with Gasteiger partial charge in [0.15, 0.2) is 0 Å². The molecule has 0 spiro atoms. The summed E-state index contributed by atoms with van der Waals surface area (Å²) in [5.41, 5.74) is 0. The fraction of sp³-hybridized carbons (Fsp3) is 1.00. The van der Waals surface area contributed by atoms with Crippen molar-refractivity contribution in [1.29, 1.82) is 0 Å². The molecule has 0 amide bonds. The number of rotatable bonds is 5. The Morgan fingerprint density at radius 2 is 2.23 bits per heavy atom. The highest BCUT2D eigenvalue weighted by Gasteiger charge is 2.27. The van der Waals surface area contributed by atoms with Crippen LogP contribution in [-0.4, -0.2) is 25.3 Å². The summed E-state index contributed by atoms with van der Waals surface area (Å²) in [6.45, 7) is 4.35. The average molecular weight is 183 g/mol. The molecular weight excluding hydrogens is 162 g/mol. The fourth-order valence-corrected chi connectivity index (χ4v) is 2.03. The zero-order valence-electron chi connectivity index (χ0n) is 8.59. The Kier molecular flexibility index (Phi) is 3.23. The van der Waals surface area contributed by atoms with Crippen molar-refractivity contribution in [2.45, 2.75) is 51.2 Å². The van der Waals surface area contributed by atoms with Gasteiger partial charge in [0.05, 0.1) is 6.10 Å². The predicted molar refractivity (Wildman–Crippen MR) is 53.8 cm³/mol. The van der Waals surface area contributed by atoms with E-state index >= 15 is 0 Å². The second-order valence-electron chi connectivity index (χ2n) is 4.53. The second kappa shape index (κ2) is 4.43. The van der Waals surface area contributed by atoms with Gasteiger partial charge in [-0.25, -0.2) is 0 Å². The van der Waals surface area contributed by atoms with Crippen LogP contribution in [0.2, 0.25) is 0 Å². The first-order chi connectivity index (χ1) is 6.38. The standard InChI is InChI=1S/C11H21NO/c1-2-3-10-6-11(7-12-10)13-8-9-4-5-9/h9-12H,2-8H2,1H3/t10-,11+/m1/s1. The molecule has 0 radical (unpaired) electrons. The third-order valence-corrected chi connectivity index (χ3v) is 3.08. The molecule has 2 nitrogen and oxygen atoms in total. The Morgan fingerprint density at radius 3 is 2.92 bits per heavy atom. The first-order valence-corrected chi connectivity index (χ1v) is 5.73. The molecule has 1 N–H and O–H groups in total. The van der Waals surface area contributed by atoms with Gasteiger partial charge in [0.1, 0.15) is 0 Å². The summed E-state index contributed by atoms with van der Waals surface area (Å²) in [6.07, 6.45) is 7.14. The minimum atomic E-state index is 0.511. The van der Waals surface area contributed by atoms with Crippen LogP contribution in [0.5, 0.6) is 0 Å². The molecule has 0 aromatic heterocycles. The van der Waals surface area contributed by atoms with Crippen LogP contribution in [-0.2, 0) is 4.74 Å². The maximum Gasteiger partial charge on any atom is 0.0714 e. The number of ether oxygens (including phenoxy) is 1. The van der Waals surface area contributed by atoms with Crippen molar-refractivity contribution in [2.24, 2.45) is 5.92 Å². The van der Waals surface area contributed by atoms with Crippen LogP contribution in [0.25, 0.3) is 0 Å². The molecule has 0 aromatic carbocycles. The summed E-state index contributed by atoms with van der Waals surface area (Å²) < 4.78 is 5.84. The molecular formula is C11H21NO. The fourth-order valence-electron chi connectivity index (χ4n) is 2.03. The van der Waals surface area contributed by atoms with Crippen LogP contribution in [0.4, 0.5) is 0 Å². The van der Waals surface area contributed by atoms with Crippen molar-refractivity contribution in [3.63, 3.8) is 0 Å². The molecule has 1 saturated carbocycles. The van der Waals surface area contributed by atoms with Crippen LogP contribution in [0.3, 0.4) is 0 Å². The lowest BCUT2D eigenvalue weighted by atomic mass is 10.1. The Morgan fingerprint density at radius 1 is 1.38 bits per heavy atom. The molecule has 1 aliphatic carbocycles. The summed E-state index contributed by atoms with van der Waals surface area (Å²) in [5.74, 6) is 0.908. The van der Waals surface area contributed by atoms with Crippen LogP contribution in [0, 0.1) is 5.92 Å². The zero-order valence-corrected chi connectivity index (χ0v) is 8.59. The van der Waals surface area contributed by atoms with Crippen LogP contribution in [0.1, 0.15) is 39.0 Å². The highest BCUT2D eigenvalue weighted by atomic mass is 16.5. The molecule has 2 atom stereocenters. The molecule has 0 bridgehead atoms. The molecule has 2 heteroatoms. The van der Waals surface area contributed by atoms with E-state index in [2.05, 4.69) is 12.2 Å². The highest BCUT2D eigenvalue weighted by Crippen LogP contribution is 2.29. The summed E-state index contributed by atoms with van der Waals surface area (Å²) in [5, 5.41) is 3.53. The predicted octanol–water partition coefficient (Wildman–Crippen LogP) is 1.94. The van der Waals surface area contributed by atoms with Gasteiger partial charge in [-0.1, -0.05) is 13.3 Å². The first kappa shape index (κ1) is 9.47. The largest absolute Gasteiger partial charge is 0.377 e. The van der Waals surface area contributed by atoms with E-state index in [1.165, 1.54) is 32.1 Å². The third-order valence-electron chi connectivity index (χ3n) is 3.08. The maximum absolute atomic E-state index is 5.84. The van der Waals surface area contributed by atoms with E-state index < -0.39 is 0 Å². The molecule has 1 heterocycles. The van der Waals surface area contributed by atoms with Gasteiger partial charge in [0.2, 0.25) is 0 Å². The lowest BCUT2D eigenvalue weighted by molar-refractivity contribution is 0.0576. The Bertz CT molecular complexity index is 156. The van der Waals surface area contributed by atoms with Gasteiger partial charge >= 0.3 is 0 Å². The topological polar surface area (TPSA) is 21.3 Å². The average Bonchev–Trinajstić information content (AvgIpc) is 2.85. The summed E-state index contributed by atoms with van der Waals surface area (Å²) in [6, 6.07) is 0.731. The van der Waals surface area contributed by atoms with Crippen LogP contribution >= 0.6 is 0 Å². The van der Waals surface area contributed by atoms with E-state index in [1.54, 1.807) is 0 Å². The molecule has 2 rings (SSSR count). The number of nitrogens with one attached hydrogen (secondary N) is 1. The van der Waals surface area contributed by atoms with E-state index in [0.717, 1.165) is 25.1 Å². The Balaban J connectivity index is 1.59.